The number of carbonyl (C=O) groups excluding carboxylic acids is 2. The number of urea groups is 1. The lowest BCUT2D eigenvalue weighted by Crippen LogP contribution is -2.52. The number of aromatic nitrogens is 1. The maximum Gasteiger partial charge on any atom is 0.329 e. The maximum absolute atomic E-state index is 14.0. The zero-order valence-electron chi connectivity index (χ0n) is 19.4. The van der Waals surface area contributed by atoms with Gasteiger partial charge in [0.25, 0.3) is 10.0 Å². The molecule has 0 aliphatic heterocycles. The predicted molar refractivity (Wildman–Crippen MR) is 132 cm³/mol. The predicted octanol–water partition coefficient (Wildman–Crippen LogP) is 4.11. The summed E-state index contributed by atoms with van der Waals surface area (Å²) in [5.41, 5.74) is 2.60. The number of anilines is 1. The molecule has 4 aromatic rings. The van der Waals surface area contributed by atoms with E-state index in [1.54, 1.807) is 28.4 Å². The van der Waals surface area contributed by atoms with Crippen molar-refractivity contribution in [3.05, 3.63) is 88.9 Å². The summed E-state index contributed by atoms with van der Waals surface area (Å²) in [6.07, 6.45) is -0.421. The highest BCUT2D eigenvalue weighted by Crippen LogP contribution is 2.24. The number of halogens is 4. The van der Waals surface area contributed by atoms with Crippen LogP contribution in [0, 0.1) is 23.3 Å². The number of hydrogen-bond donors (Lipinski definition) is 2. The smallest absolute Gasteiger partial charge is 0.325 e. The summed E-state index contributed by atoms with van der Waals surface area (Å²) < 4.78 is 82.1. The van der Waals surface area contributed by atoms with Crippen molar-refractivity contribution in [1.29, 1.82) is 0 Å². The van der Waals surface area contributed by atoms with E-state index in [9.17, 15) is 35.6 Å². The van der Waals surface area contributed by atoms with Gasteiger partial charge in [-0.2, -0.15) is 0 Å². The molecule has 0 saturated heterocycles. The molecule has 0 aliphatic rings. The third-order valence-corrected chi connectivity index (χ3v) is 7.58. The Bertz CT molecular complexity index is 1630. The number of benzene rings is 3. The minimum atomic E-state index is -4.81. The fourth-order valence-electron chi connectivity index (χ4n) is 3.64. The van der Waals surface area contributed by atoms with E-state index in [4.69, 9.17) is 0 Å². The van der Waals surface area contributed by atoms with Gasteiger partial charge in [0.05, 0.1) is 15.7 Å². The van der Waals surface area contributed by atoms with Gasteiger partial charge in [-0.15, -0.1) is 11.3 Å². The van der Waals surface area contributed by atoms with Gasteiger partial charge >= 0.3 is 6.03 Å². The second-order valence-corrected chi connectivity index (χ2v) is 10.6. The summed E-state index contributed by atoms with van der Waals surface area (Å²) in [4.78, 5) is 30.3. The Morgan fingerprint density at radius 3 is 2.37 bits per heavy atom. The summed E-state index contributed by atoms with van der Waals surface area (Å²) in [7, 11) is -3.42. The lowest BCUT2D eigenvalue weighted by atomic mass is 10.0. The number of rotatable bonds is 7. The van der Waals surface area contributed by atoms with E-state index in [-0.39, 0.29) is 5.56 Å². The van der Waals surface area contributed by atoms with Gasteiger partial charge < -0.3 is 10.2 Å². The summed E-state index contributed by atoms with van der Waals surface area (Å²) in [6, 6.07) is 6.20. The van der Waals surface area contributed by atoms with E-state index in [1.165, 1.54) is 18.4 Å². The molecule has 14 heteroatoms. The second kappa shape index (κ2) is 10.8. The first-order valence-corrected chi connectivity index (χ1v) is 13.1. The van der Waals surface area contributed by atoms with Gasteiger partial charge in [0, 0.05) is 31.3 Å². The first kappa shape index (κ1) is 27.0. The van der Waals surface area contributed by atoms with Crippen LogP contribution in [0.3, 0.4) is 0 Å². The lowest BCUT2D eigenvalue weighted by molar-refractivity contribution is -0.120. The molecule has 198 valence electrons. The molecule has 0 saturated carbocycles. The average Bonchev–Trinajstić information content (AvgIpc) is 3.29. The summed E-state index contributed by atoms with van der Waals surface area (Å²) >= 11 is 1.39. The Balaban J connectivity index is 1.60. The van der Waals surface area contributed by atoms with Crippen LogP contribution in [0.1, 0.15) is 5.56 Å². The highest BCUT2D eigenvalue weighted by atomic mass is 32.2. The number of fused-ring (bicyclic) bond motifs is 1. The number of carbonyl (C=O) groups is 2. The SMILES string of the molecule is CN(C(=O)C(Cc1cc(F)cc(F)c1)NC(=O)NS(=O)(=O)c1ccc(F)cc1F)c1ccc2scnc2c1. The molecule has 3 amide bonds. The molecular weight excluding hydrogens is 548 g/mol. The second-order valence-electron chi connectivity index (χ2n) is 8.09. The van der Waals surface area contributed by atoms with Gasteiger partial charge in [0.1, 0.15) is 34.2 Å². The number of amides is 3. The lowest BCUT2D eigenvalue weighted by Gasteiger charge is -2.25. The van der Waals surface area contributed by atoms with Crippen molar-refractivity contribution >= 4 is 49.2 Å². The Labute approximate surface area is 218 Å². The van der Waals surface area contributed by atoms with E-state index < -0.39 is 62.6 Å². The van der Waals surface area contributed by atoms with Gasteiger partial charge in [0.15, 0.2) is 0 Å². The monoisotopic (exact) mass is 566 g/mol. The molecule has 1 unspecified atom stereocenters. The van der Waals surface area contributed by atoms with Crippen LogP contribution in [0.25, 0.3) is 10.2 Å². The molecule has 0 aliphatic carbocycles. The van der Waals surface area contributed by atoms with Crippen LogP contribution >= 0.6 is 11.3 Å². The molecule has 1 aromatic heterocycles. The van der Waals surface area contributed by atoms with Crippen LogP contribution in [-0.4, -0.2) is 38.4 Å². The topological polar surface area (TPSA) is 108 Å². The fraction of sp³-hybridized carbons (Fsp3) is 0.125. The summed E-state index contributed by atoms with van der Waals surface area (Å²) in [5.74, 6) is -5.08. The highest BCUT2D eigenvalue weighted by molar-refractivity contribution is 7.90. The molecule has 0 radical (unpaired) electrons. The zero-order valence-corrected chi connectivity index (χ0v) is 21.0. The number of thiazole rings is 1. The van der Waals surface area contributed by atoms with Crippen LogP contribution < -0.4 is 14.9 Å². The van der Waals surface area contributed by atoms with Crippen molar-refractivity contribution in [1.82, 2.24) is 15.0 Å². The third kappa shape index (κ3) is 6.08. The van der Waals surface area contributed by atoms with Gasteiger partial charge in [-0.05, 0) is 48.0 Å². The van der Waals surface area contributed by atoms with Gasteiger partial charge in [0.2, 0.25) is 5.91 Å². The molecule has 0 spiro atoms. The minimum Gasteiger partial charge on any atom is -0.325 e. The van der Waals surface area contributed by atoms with Crippen LogP contribution in [0.4, 0.5) is 28.0 Å². The van der Waals surface area contributed by atoms with E-state index in [0.29, 0.717) is 35.5 Å². The molecule has 1 heterocycles. The first-order chi connectivity index (χ1) is 17.9. The first-order valence-electron chi connectivity index (χ1n) is 10.8. The van der Waals surface area contributed by atoms with Crippen molar-refractivity contribution in [3.63, 3.8) is 0 Å². The standard InChI is InChI=1S/C24H18F4N4O4S2/c1-32(17-3-4-21-19(11-17)29-12-37-21)23(33)20(8-13-6-15(26)9-16(27)7-13)30-24(34)31-38(35,36)22-5-2-14(25)10-18(22)28/h2-7,9-12,20H,8H2,1H3,(H2,30,31,34). The molecular formula is C24H18F4N4O4S2. The quantitative estimate of drug-likeness (QED) is 0.328. The van der Waals surface area contributed by atoms with Crippen LogP contribution in [0.2, 0.25) is 0 Å². The minimum absolute atomic E-state index is 0.00283. The zero-order chi connectivity index (χ0) is 27.6. The molecule has 0 fully saturated rings. The van der Waals surface area contributed by atoms with Crippen molar-refractivity contribution < 1.29 is 35.6 Å². The normalized spacial score (nSPS) is 12.2. The summed E-state index contributed by atoms with van der Waals surface area (Å²) in [6.45, 7) is 0. The largest absolute Gasteiger partial charge is 0.329 e. The van der Waals surface area contributed by atoms with E-state index in [2.05, 4.69) is 10.3 Å². The summed E-state index contributed by atoms with van der Waals surface area (Å²) in [5, 5.41) is 2.17. The molecule has 8 nitrogen and oxygen atoms in total. The van der Waals surface area contributed by atoms with Crippen molar-refractivity contribution in [2.24, 2.45) is 0 Å². The molecule has 3 aromatic carbocycles. The van der Waals surface area contributed by atoms with E-state index >= 15 is 0 Å². The Hall–Kier alpha value is -4.04. The van der Waals surface area contributed by atoms with Crippen molar-refractivity contribution in [3.8, 4) is 0 Å². The highest BCUT2D eigenvalue weighted by Gasteiger charge is 2.29. The Morgan fingerprint density at radius 2 is 1.68 bits per heavy atom. The van der Waals surface area contributed by atoms with Crippen molar-refractivity contribution in [2.75, 3.05) is 11.9 Å². The average molecular weight is 567 g/mol. The van der Waals surface area contributed by atoms with Gasteiger partial charge in [-0.3, -0.25) is 4.79 Å². The Morgan fingerprint density at radius 1 is 0.974 bits per heavy atom. The van der Waals surface area contributed by atoms with Gasteiger partial charge in [-0.1, -0.05) is 0 Å². The van der Waals surface area contributed by atoms with E-state index in [1.807, 2.05) is 0 Å². The molecule has 2 N–H and O–H groups in total. The number of nitrogens with zero attached hydrogens (tertiary/aromatic N) is 2. The number of likely N-dealkylation sites (N-methyl/N-ethyl adjacent to an activating group) is 1. The van der Waals surface area contributed by atoms with Crippen molar-refractivity contribution in [2.45, 2.75) is 17.4 Å². The van der Waals surface area contributed by atoms with Crippen LogP contribution in [-0.2, 0) is 21.2 Å². The molecule has 0 bridgehead atoms. The van der Waals surface area contributed by atoms with Crippen LogP contribution in [0.5, 0.6) is 0 Å². The Kier molecular flexibility index (Phi) is 7.64. The number of sulfonamides is 1. The molecule has 1 atom stereocenters. The third-order valence-electron chi connectivity index (χ3n) is 5.41. The molecule has 4 rings (SSSR count). The maximum atomic E-state index is 14.0. The van der Waals surface area contributed by atoms with E-state index in [0.717, 1.165) is 21.7 Å². The molecule has 38 heavy (non-hydrogen) atoms. The van der Waals surface area contributed by atoms with Gasteiger partial charge in [-0.25, -0.2) is 40.5 Å². The fourth-order valence-corrected chi connectivity index (χ4v) is 5.27. The number of nitrogens with one attached hydrogen (secondary N) is 2. The number of hydrogen-bond acceptors (Lipinski definition) is 6. The van der Waals surface area contributed by atoms with Crippen LogP contribution in [0.15, 0.2) is 65.0 Å².